The van der Waals surface area contributed by atoms with Crippen molar-refractivity contribution in [2.45, 2.75) is 250 Å². The highest BCUT2D eigenvalue weighted by atomic mass is 32.2. The van der Waals surface area contributed by atoms with Gasteiger partial charge in [0.2, 0.25) is 5.04 Å². The Kier molecular flexibility index (Phi) is 32.4. The lowest BCUT2D eigenvalue weighted by Gasteiger charge is -2.34. The highest BCUT2D eigenvalue weighted by molar-refractivity contribution is 8.14. The second kappa shape index (κ2) is 38.5. The van der Waals surface area contributed by atoms with Crippen molar-refractivity contribution in [3.63, 3.8) is 0 Å². The quantitative estimate of drug-likeness (QED) is 0.0295. The molecular weight excluding hydrogens is 919 g/mol. The molecule has 2 aliphatic rings. The lowest BCUT2D eigenvalue weighted by Crippen LogP contribution is -2.32. The molecule has 73 heavy (non-hydrogen) atoms. The van der Waals surface area contributed by atoms with E-state index in [-0.39, 0.29) is 18.3 Å². The normalized spacial score (nSPS) is 15.0. The second-order valence-corrected chi connectivity index (χ2v) is 22.6. The van der Waals surface area contributed by atoms with Crippen molar-refractivity contribution in [3.05, 3.63) is 89.7 Å². The van der Waals surface area contributed by atoms with Crippen molar-refractivity contribution >= 4 is 34.4 Å². The van der Waals surface area contributed by atoms with E-state index in [0.717, 1.165) is 54.4 Å². The molecule has 0 atom stereocenters. The number of rotatable bonds is 44. The highest BCUT2D eigenvalue weighted by Crippen LogP contribution is 2.55. The monoisotopic (exact) mass is 1020 g/mol. The Morgan fingerprint density at radius 3 is 1.55 bits per heavy atom. The van der Waals surface area contributed by atoms with Gasteiger partial charge in [-0.25, -0.2) is 4.58 Å². The number of benzene rings is 2. The van der Waals surface area contributed by atoms with Gasteiger partial charge in [0, 0.05) is 29.4 Å². The summed E-state index contributed by atoms with van der Waals surface area (Å²) in [5.41, 5.74) is 6.03. The molecule has 0 unspecified atom stereocenters. The number of carboxylic acid groups (broad SMARTS) is 2. The topological polar surface area (TPSA) is 105 Å². The number of hydrogen-bond donors (Lipinski definition) is 2. The zero-order chi connectivity index (χ0) is 52.0. The van der Waals surface area contributed by atoms with E-state index in [1.807, 2.05) is 18.2 Å². The average Bonchev–Trinajstić information content (AvgIpc) is 3.96. The van der Waals surface area contributed by atoms with Gasteiger partial charge in [0.25, 0.3) is 0 Å². The van der Waals surface area contributed by atoms with Crippen LogP contribution in [-0.4, -0.2) is 57.2 Å². The van der Waals surface area contributed by atoms with Crippen LogP contribution >= 0.6 is 11.8 Å². The van der Waals surface area contributed by atoms with Crippen molar-refractivity contribution in [2.24, 2.45) is 0 Å². The number of aliphatic carboxylic acids is 2. The SMILES string of the molecule is CCCCCCCCCCCCCCCCCCC1(CCCCCCCCCCCCCCCCCC)C(=CC=C(C#N)C=CC2=[N+](CCC(=O)O)CCS2)N(CCC(=O)O)c2ccc(-c3ccccc3)cc21. The van der Waals surface area contributed by atoms with E-state index < -0.39 is 11.9 Å². The Balaban J connectivity index is 1.53. The average molecular weight is 1020 g/mol. The molecule has 0 radical (unpaired) electrons. The smallest absolute Gasteiger partial charge is 0.309 e. The molecule has 0 saturated carbocycles. The molecule has 2 aromatic rings. The zero-order valence-electron chi connectivity index (χ0n) is 46.2. The second-order valence-electron chi connectivity index (χ2n) is 21.5. The molecule has 0 spiro atoms. The molecule has 0 aliphatic carbocycles. The Morgan fingerprint density at radius 1 is 0.630 bits per heavy atom. The molecular formula is C65H100N3O4S+. The van der Waals surface area contributed by atoms with Crippen LogP contribution in [0.3, 0.4) is 0 Å². The van der Waals surface area contributed by atoms with E-state index in [0.29, 0.717) is 18.7 Å². The number of nitriles is 1. The van der Waals surface area contributed by atoms with Crippen LogP contribution < -0.4 is 4.90 Å². The van der Waals surface area contributed by atoms with Crippen LogP contribution in [0.1, 0.15) is 251 Å². The Labute approximate surface area is 449 Å². The van der Waals surface area contributed by atoms with E-state index in [2.05, 4.69) is 84.0 Å². The Bertz CT molecular complexity index is 1980. The maximum Gasteiger partial charge on any atom is 0.309 e. The van der Waals surface area contributed by atoms with Gasteiger partial charge in [-0.2, -0.15) is 5.26 Å². The summed E-state index contributed by atoms with van der Waals surface area (Å²) in [6.07, 6.45) is 52.4. The number of allylic oxidation sites excluding steroid dienone is 5. The predicted molar refractivity (Wildman–Crippen MR) is 312 cm³/mol. The van der Waals surface area contributed by atoms with E-state index in [1.54, 1.807) is 11.8 Å². The Morgan fingerprint density at radius 2 is 1.10 bits per heavy atom. The largest absolute Gasteiger partial charge is 0.481 e. The number of fused-ring (bicyclic) bond motifs is 1. The summed E-state index contributed by atoms with van der Waals surface area (Å²) in [4.78, 5) is 26.0. The molecule has 0 amide bonds. The molecule has 0 fully saturated rings. The molecule has 0 saturated heterocycles. The number of carbonyl (C=O) groups is 2. The maximum atomic E-state index is 12.3. The lowest BCUT2D eigenvalue weighted by molar-refractivity contribution is -0.516. The molecule has 0 bridgehead atoms. The fraction of sp³-hybridized carbons (Fsp3) is 0.662. The van der Waals surface area contributed by atoms with Gasteiger partial charge in [0.1, 0.15) is 6.42 Å². The summed E-state index contributed by atoms with van der Waals surface area (Å²) in [6.45, 7) is 6.17. The molecule has 2 N–H and O–H groups in total. The molecule has 404 valence electrons. The first-order valence-corrected chi connectivity index (χ1v) is 31.0. The minimum absolute atomic E-state index is 0.0157. The van der Waals surface area contributed by atoms with Crippen LogP contribution in [0.5, 0.6) is 0 Å². The van der Waals surface area contributed by atoms with Gasteiger partial charge in [-0.1, -0.05) is 267 Å². The highest BCUT2D eigenvalue weighted by Gasteiger charge is 2.46. The van der Waals surface area contributed by atoms with E-state index in [9.17, 15) is 25.1 Å². The third-order valence-corrected chi connectivity index (χ3v) is 16.7. The molecule has 2 aromatic carbocycles. The maximum absolute atomic E-state index is 12.3. The van der Waals surface area contributed by atoms with Gasteiger partial charge in [-0.15, -0.1) is 0 Å². The minimum atomic E-state index is -0.815. The van der Waals surface area contributed by atoms with Gasteiger partial charge in [-0.3, -0.25) is 9.59 Å². The molecule has 4 rings (SSSR count). The molecule has 7 nitrogen and oxygen atoms in total. The predicted octanol–water partition coefficient (Wildman–Crippen LogP) is 18.7. The van der Waals surface area contributed by atoms with Gasteiger partial charge >= 0.3 is 11.9 Å². The van der Waals surface area contributed by atoms with Gasteiger partial charge < -0.3 is 15.1 Å². The lowest BCUT2D eigenvalue weighted by atomic mass is 9.71. The Hall–Kier alpha value is -4.09. The number of unbranched alkanes of at least 4 members (excludes halogenated alkanes) is 30. The number of anilines is 1. The van der Waals surface area contributed by atoms with Crippen LogP contribution in [0.4, 0.5) is 5.69 Å². The summed E-state index contributed by atoms with van der Waals surface area (Å²) >= 11 is 1.69. The first-order valence-electron chi connectivity index (χ1n) is 30.0. The van der Waals surface area contributed by atoms with Crippen LogP contribution in [-0.2, 0) is 15.0 Å². The summed E-state index contributed by atoms with van der Waals surface area (Å²) in [5.74, 6) is -0.740. The summed E-state index contributed by atoms with van der Waals surface area (Å²) in [6, 6.07) is 19.9. The van der Waals surface area contributed by atoms with E-state index in [1.165, 1.54) is 209 Å². The van der Waals surface area contributed by atoms with Crippen LogP contribution in [0.15, 0.2) is 84.1 Å². The minimum Gasteiger partial charge on any atom is -0.481 e. The molecule has 2 heterocycles. The standard InChI is InChI=1S/C65H99N3O4S/c1-3-5-7-9-11-13-15-17-19-21-23-25-27-29-31-36-48-65(49-37-32-30-28-26-24-22-20-18-16-14-12-10-8-6-4-2)59-54-58(57-38-34-33-35-39-57)42-43-60(59)68(51-47-64(71)72)61(65)44-40-56(55-66)41-45-62-67(52-53-73-62)50-46-63(69)70/h33-35,38-45,54H,3-32,36-37,46-53H2,1-2H3,(H-,69,70,71,72)/p+1. The first kappa shape index (κ1) is 61.5. The van der Waals surface area contributed by atoms with Crippen molar-refractivity contribution < 1.29 is 24.4 Å². The van der Waals surface area contributed by atoms with Crippen molar-refractivity contribution in [2.75, 3.05) is 30.3 Å². The first-order chi connectivity index (χ1) is 35.8. The van der Waals surface area contributed by atoms with Crippen LogP contribution in [0.25, 0.3) is 11.1 Å². The fourth-order valence-corrected chi connectivity index (χ4v) is 12.4. The van der Waals surface area contributed by atoms with Crippen LogP contribution in [0, 0.1) is 11.3 Å². The number of thioether (sulfide) groups is 1. The third kappa shape index (κ3) is 24.0. The summed E-state index contributed by atoms with van der Waals surface area (Å²) < 4.78 is 2.09. The van der Waals surface area contributed by atoms with Crippen molar-refractivity contribution in [1.82, 2.24) is 0 Å². The van der Waals surface area contributed by atoms with Crippen molar-refractivity contribution in [3.8, 4) is 17.2 Å². The summed E-state index contributed by atoms with van der Waals surface area (Å²) in [5, 5.41) is 31.0. The fourth-order valence-electron chi connectivity index (χ4n) is 11.3. The van der Waals surface area contributed by atoms with E-state index >= 15 is 0 Å². The van der Waals surface area contributed by atoms with Gasteiger partial charge in [-0.05, 0) is 59.9 Å². The van der Waals surface area contributed by atoms with Crippen LogP contribution in [0.2, 0.25) is 0 Å². The van der Waals surface area contributed by atoms with Crippen molar-refractivity contribution in [1.29, 1.82) is 5.26 Å². The number of nitrogens with zero attached hydrogens (tertiary/aromatic N) is 3. The zero-order valence-corrected chi connectivity index (χ0v) is 47.0. The van der Waals surface area contributed by atoms with Gasteiger partial charge in [0.15, 0.2) is 13.1 Å². The third-order valence-electron chi connectivity index (χ3n) is 15.6. The number of carboxylic acids is 2. The number of hydrogen-bond acceptors (Lipinski definition) is 5. The summed E-state index contributed by atoms with van der Waals surface area (Å²) in [7, 11) is 0. The molecule has 2 aliphatic heterocycles. The van der Waals surface area contributed by atoms with E-state index in [4.69, 9.17) is 0 Å². The van der Waals surface area contributed by atoms with Gasteiger partial charge in [0.05, 0.1) is 23.8 Å². The molecule has 0 aromatic heterocycles. The molecule has 8 heteroatoms.